The molecule has 9 heteroatoms. The van der Waals surface area contributed by atoms with Crippen molar-refractivity contribution in [1.29, 1.82) is 0 Å². The molecule has 0 bridgehead atoms. The summed E-state index contributed by atoms with van der Waals surface area (Å²) in [4.78, 5) is 11.1. The molecule has 0 aliphatic carbocycles. The molecule has 0 amide bonds. The number of anilines is 1. The summed E-state index contributed by atoms with van der Waals surface area (Å²) in [5.41, 5.74) is 4.19. The molecule has 1 fully saturated rings. The van der Waals surface area contributed by atoms with Crippen molar-refractivity contribution in [2.75, 3.05) is 43.0 Å². The second-order valence-electron chi connectivity index (χ2n) is 8.96. The standard InChI is InChI=1S/C27H26Cl2N4O2S/c28-22-6-1-19(2-7-22)26(20-3-8-23(29)9-4-20)21-5-10-25-24(17-21)27(32-18-31-25)30-11-12-33-13-15-36(34,35)16-14-33/h1-10,17-18,26H,11-16H2,(H,30,31,32). The van der Waals surface area contributed by atoms with Crippen molar-refractivity contribution >= 4 is 49.8 Å². The van der Waals surface area contributed by atoms with E-state index in [0.717, 1.165) is 40.0 Å². The Morgan fingerprint density at radius 2 is 1.42 bits per heavy atom. The molecule has 0 atom stereocenters. The maximum atomic E-state index is 11.7. The van der Waals surface area contributed by atoms with Gasteiger partial charge in [-0.2, -0.15) is 0 Å². The molecule has 0 radical (unpaired) electrons. The average Bonchev–Trinajstić information content (AvgIpc) is 2.88. The summed E-state index contributed by atoms with van der Waals surface area (Å²) in [6, 6.07) is 22.1. The maximum absolute atomic E-state index is 11.7. The second-order valence-corrected chi connectivity index (χ2v) is 12.1. The van der Waals surface area contributed by atoms with Gasteiger partial charge in [-0.15, -0.1) is 0 Å². The molecular weight excluding hydrogens is 515 g/mol. The fourth-order valence-corrected chi connectivity index (χ4v) is 6.12. The van der Waals surface area contributed by atoms with Gasteiger partial charge in [0.05, 0.1) is 17.0 Å². The molecule has 5 rings (SSSR count). The molecule has 1 aliphatic rings. The van der Waals surface area contributed by atoms with Crippen molar-refractivity contribution < 1.29 is 8.42 Å². The Labute approximate surface area is 221 Å². The fraction of sp³-hybridized carbons (Fsp3) is 0.259. The zero-order chi connectivity index (χ0) is 25.1. The molecule has 36 heavy (non-hydrogen) atoms. The molecule has 1 aromatic heterocycles. The third-order valence-corrected chi connectivity index (χ3v) is 8.67. The molecule has 186 valence electrons. The number of aromatic nitrogens is 2. The zero-order valence-electron chi connectivity index (χ0n) is 19.6. The van der Waals surface area contributed by atoms with Crippen molar-refractivity contribution in [2.24, 2.45) is 0 Å². The van der Waals surface area contributed by atoms with Gasteiger partial charge in [0.15, 0.2) is 9.84 Å². The van der Waals surface area contributed by atoms with E-state index in [1.165, 1.54) is 0 Å². The van der Waals surface area contributed by atoms with Gasteiger partial charge in [0.1, 0.15) is 12.1 Å². The third kappa shape index (κ3) is 5.81. The van der Waals surface area contributed by atoms with Crippen molar-refractivity contribution in [3.8, 4) is 0 Å². The van der Waals surface area contributed by atoms with E-state index >= 15 is 0 Å². The minimum atomic E-state index is -2.88. The summed E-state index contributed by atoms with van der Waals surface area (Å²) < 4.78 is 23.4. The molecule has 4 aromatic rings. The number of benzene rings is 3. The first-order valence-electron chi connectivity index (χ1n) is 11.8. The molecular formula is C27H26Cl2N4O2S. The zero-order valence-corrected chi connectivity index (χ0v) is 21.9. The molecule has 0 saturated carbocycles. The van der Waals surface area contributed by atoms with Crippen LogP contribution in [0.5, 0.6) is 0 Å². The number of hydrogen-bond donors (Lipinski definition) is 1. The van der Waals surface area contributed by atoms with Crippen LogP contribution < -0.4 is 5.32 Å². The van der Waals surface area contributed by atoms with Gasteiger partial charge in [-0.3, -0.25) is 4.90 Å². The number of fused-ring (bicyclic) bond motifs is 1. The van der Waals surface area contributed by atoms with Gasteiger partial charge in [-0.1, -0.05) is 53.5 Å². The van der Waals surface area contributed by atoms with Crippen LogP contribution in [-0.2, 0) is 9.84 Å². The Hall–Kier alpha value is -2.71. The maximum Gasteiger partial charge on any atom is 0.152 e. The first-order valence-corrected chi connectivity index (χ1v) is 14.4. The highest BCUT2D eigenvalue weighted by Crippen LogP contribution is 2.35. The second kappa shape index (κ2) is 10.7. The molecule has 1 saturated heterocycles. The van der Waals surface area contributed by atoms with Gasteiger partial charge in [-0.05, 0) is 53.1 Å². The average molecular weight is 542 g/mol. The highest BCUT2D eigenvalue weighted by Gasteiger charge is 2.21. The summed E-state index contributed by atoms with van der Waals surface area (Å²) in [5, 5.41) is 5.76. The first-order chi connectivity index (χ1) is 17.4. The van der Waals surface area contributed by atoms with Crippen molar-refractivity contribution in [2.45, 2.75) is 5.92 Å². The van der Waals surface area contributed by atoms with Gasteiger partial charge in [-0.25, -0.2) is 18.4 Å². The lowest BCUT2D eigenvalue weighted by atomic mass is 9.85. The number of nitrogens with one attached hydrogen (secondary N) is 1. The summed E-state index contributed by atoms with van der Waals surface area (Å²) in [6.07, 6.45) is 1.56. The lowest BCUT2D eigenvalue weighted by molar-refractivity contribution is 0.307. The van der Waals surface area contributed by atoms with E-state index in [0.29, 0.717) is 29.7 Å². The molecule has 0 spiro atoms. The number of nitrogens with zero attached hydrogens (tertiary/aromatic N) is 3. The van der Waals surface area contributed by atoms with E-state index in [1.807, 2.05) is 54.6 Å². The van der Waals surface area contributed by atoms with Crippen LogP contribution >= 0.6 is 23.2 Å². The molecule has 3 aromatic carbocycles. The van der Waals surface area contributed by atoms with E-state index in [-0.39, 0.29) is 17.4 Å². The molecule has 2 heterocycles. The topological polar surface area (TPSA) is 75.2 Å². The predicted molar refractivity (Wildman–Crippen MR) is 147 cm³/mol. The SMILES string of the molecule is O=S1(=O)CCN(CCNc2ncnc3ccc(C(c4ccc(Cl)cc4)c4ccc(Cl)cc4)cc23)CC1. The Morgan fingerprint density at radius 3 is 2.03 bits per heavy atom. The first kappa shape index (κ1) is 25.0. The van der Waals surface area contributed by atoms with Crippen LogP contribution in [0.25, 0.3) is 10.9 Å². The van der Waals surface area contributed by atoms with Gasteiger partial charge >= 0.3 is 0 Å². The summed E-state index contributed by atoms with van der Waals surface area (Å²) in [5.74, 6) is 1.19. The van der Waals surface area contributed by atoms with Crippen molar-refractivity contribution in [1.82, 2.24) is 14.9 Å². The fourth-order valence-electron chi connectivity index (χ4n) is 4.59. The smallest absolute Gasteiger partial charge is 0.152 e. The lowest BCUT2D eigenvalue weighted by Crippen LogP contribution is -2.42. The monoisotopic (exact) mass is 540 g/mol. The minimum Gasteiger partial charge on any atom is -0.368 e. The summed E-state index contributed by atoms with van der Waals surface area (Å²) in [6.45, 7) is 2.55. The van der Waals surface area contributed by atoms with Crippen LogP contribution in [0.4, 0.5) is 5.82 Å². The number of sulfone groups is 1. The van der Waals surface area contributed by atoms with Crippen LogP contribution in [0.2, 0.25) is 10.0 Å². The Morgan fingerprint density at radius 1 is 0.833 bits per heavy atom. The molecule has 1 N–H and O–H groups in total. The van der Waals surface area contributed by atoms with Gasteiger partial charge < -0.3 is 5.32 Å². The van der Waals surface area contributed by atoms with E-state index in [9.17, 15) is 8.42 Å². The minimum absolute atomic E-state index is 0.0210. The van der Waals surface area contributed by atoms with E-state index in [2.05, 4.69) is 32.3 Å². The van der Waals surface area contributed by atoms with Gasteiger partial charge in [0, 0.05) is 47.5 Å². The lowest BCUT2D eigenvalue weighted by Gasteiger charge is -2.26. The normalized spacial score (nSPS) is 15.9. The Bertz CT molecular complexity index is 1400. The van der Waals surface area contributed by atoms with Crippen molar-refractivity contribution in [3.05, 3.63) is 99.8 Å². The Balaban J connectivity index is 1.43. The molecule has 0 unspecified atom stereocenters. The van der Waals surface area contributed by atoms with Crippen LogP contribution in [0.3, 0.4) is 0 Å². The van der Waals surface area contributed by atoms with E-state index < -0.39 is 9.84 Å². The third-order valence-electron chi connectivity index (χ3n) is 6.56. The highest BCUT2D eigenvalue weighted by molar-refractivity contribution is 7.91. The highest BCUT2D eigenvalue weighted by atomic mass is 35.5. The van der Waals surface area contributed by atoms with Crippen LogP contribution in [0.15, 0.2) is 73.1 Å². The number of hydrogen-bond acceptors (Lipinski definition) is 6. The molecule has 1 aliphatic heterocycles. The number of rotatable bonds is 7. The predicted octanol–water partition coefficient (Wildman–Crippen LogP) is 5.26. The van der Waals surface area contributed by atoms with Gasteiger partial charge in [0.2, 0.25) is 0 Å². The van der Waals surface area contributed by atoms with E-state index in [1.54, 1.807) is 6.33 Å². The molecule has 6 nitrogen and oxygen atoms in total. The van der Waals surface area contributed by atoms with Crippen molar-refractivity contribution in [3.63, 3.8) is 0 Å². The van der Waals surface area contributed by atoms with Crippen LogP contribution in [-0.4, -0.2) is 61.0 Å². The largest absolute Gasteiger partial charge is 0.368 e. The number of halogens is 2. The summed E-state index contributed by atoms with van der Waals surface area (Å²) >= 11 is 12.3. The van der Waals surface area contributed by atoms with Crippen LogP contribution in [0, 0.1) is 0 Å². The van der Waals surface area contributed by atoms with Gasteiger partial charge in [0.25, 0.3) is 0 Å². The summed E-state index contributed by atoms with van der Waals surface area (Å²) in [7, 11) is -2.88. The van der Waals surface area contributed by atoms with E-state index in [4.69, 9.17) is 23.2 Å². The van der Waals surface area contributed by atoms with Crippen LogP contribution in [0.1, 0.15) is 22.6 Å². The Kier molecular flexibility index (Phi) is 7.44. The quantitative estimate of drug-likeness (QED) is 0.322.